The van der Waals surface area contributed by atoms with Gasteiger partial charge in [-0.05, 0) is 74.8 Å². The Balaban J connectivity index is 1.18. The third kappa shape index (κ3) is 5.09. The lowest BCUT2D eigenvalue weighted by atomic mass is 9.81. The molecular weight excluding hydrogens is 573 g/mol. The molecule has 8 rings (SSSR count). The molecule has 1 aromatic heterocycles. The van der Waals surface area contributed by atoms with Gasteiger partial charge in [0.15, 0.2) is 17.5 Å². The Bertz CT molecular complexity index is 2260. The number of benzene rings is 6. The normalized spacial score (nSPS) is 12.6. The van der Waals surface area contributed by atoms with Crippen LogP contribution in [-0.2, 0) is 5.41 Å². The van der Waals surface area contributed by atoms with Crippen LogP contribution in [0.5, 0.6) is 0 Å². The number of hydrogen-bond donors (Lipinski definition) is 0. The second-order valence-corrected chi connectivity index (χ2v) is 12.5. The molecule has 0 unspecified atom stereocenters. The monoisotopic (exact) mass is 602 g/mol. The number of hydrogen-bond acceptors (Lipinski definition) is 4. The zero-order valence-corrected chi connectivity index (χ0v) is 26.1. The molecule has 0 spiro atoms. The SMILES string of the molecule is CC1(C)c2cc(-c3ccc(C#N)cc3)ccc2-c2ccc(-c3cccc(-c4nc(-c5ccccc5)nc(-c5ccccc5)n4)c3)cc21. The van der Waals surface area contributed by atoms with E-state index < -0.39 is 0 Å². The second-order valence-electron chi connectivity index (χ2n) is 12.5. The molecule has 0 saturated heterocycles. The Kier molecular flexibility index (Phi) is 6.82. The van der Waals surface area contributed by atoms with Gasteiger partial charge < -0.3 is 0 Å². The van der Waals surface area contributed by atoms with E-state index in [9.17, 15) is 5.26 Å². The zero-order valence-electron chi connectivity index (χ0n) is 26.1. The number of rotatable bonds is 5. The highest BCUT2D eigenvalue weighted by atomic mass is 15.0. The maximum absolute atomic E-state index is 9.22. The molecule has 0 fully saturated rings. The van der Waals surface area contributed by atoms with Crippen LogP contribution in [0, 0.1) is 11.3 Å². The first-order valence-electron chi connectivity index (χ1n) is 15.8. The highest BCUT2D eigenvalue weighted by Gasteiger charge is 2.35. The minimum absolute atomic E-state index is 0.176. The van der Waals surface area contributed by atoms with E-state index in [1.54, 1.807) is 0 Å². The third-order valence-corrected chi connectivity index (χ3v) is 9.18. The molecule has 222 valence electrons. The van der Waals surface area contributed by atoms with Crippen molar-refractivity contribution >= 4 is 0 Å². The fourth-order valence-corrected chi connectivity index (χ4v) is 6.61. The summed E-state index contributed by atoms with van der Waals surface area (Å²) < 4.78 is 0. The maximum atomic E-state index is 9.22. The van der Waals surface area contributed by atoms with E-state index in [0.29, 0.717) is 23.0 Å². The lowest BCUT2D eigenvalue weighted by Gasteiger charge is -2.22. The van der Waals surface area contributed by atoms with Crippen molar-refractivity contribution in [3.05, 3.63) is 162 Å². The summed E-state index contributed by atoms with van der Waals surface area (Å²) in [7, 11) is 0. The van der Waals surface area contributed by atoms with Gasteiger partial charge in [-0.15, -0.1) is 0 Å². The summed E-state index contributed by atoms with van der Waals surface area (Å²) in [6, 6.07) is 52.2. The Labute approximate surface area is 274 Å². The van der Waals surface area contributed by atoms with Crippen molar-refractivity contribution in [1.82, 2.24) is 15.0 Å². The van der Waals surface area contributed by atoms with Crippen molar-refractivity contribution in [2.75, 3.05) is 0 Å². The van der Waals surface area contributed by atoms with Crippen LogP contribution >= 0.6 is 0 Å². The number of nitriles is 1. The number of aromatic nitrogens is 3. The molecule has 1 heterocycles. The van der Waals surface area contributed by atoms with Crippen LogP contribution in [-0.4, -0.2) is 15.0 Å². The summed E-state index contributed by atoms with van der Waals surface area (Å²) in [6.07, 6.45) is 0. The van der Waals surface area contributed by atoms with E-state index in [0.717, 1.165) is 38.9 Å². The summed E-state index contributed by atoms with van der Waals surface area (Å²) in [5.74, 6) is 1.94. The van der Waals surface area contributed by atoms with Gasteiger partial charge in [0, 0.05) is 22.1 Å². The van der Waals surface area contributed by atoms with E-state index in [-0.39, 0.29) is 5.41 Å². The molecule has 1 aliphatic carbocycles. The van der Waals surface area contributed by atoms with Crippen LogP contribution in [0.4, 0.5) is 0 Å². The predicted molar refractivity (Wildman–Crippen MR) is 189 cm³/mol. The van der Waals surface area contributed by atoms with Gasteiger partial charge in [-0.25, -0.2) is 15.0 Å². The van der Waals surface area contributed by atoms with Crippen LogP contribution in [0.25, 0.3) is 67.5 Å². The quantitative estimate of drug-likeness (QED) is 0.197. The average molecular weight is 603 g/mol. The minimum Gasteiger partial charge on any atom is -0.208 e. The van der Waals surface area contributed by atoms with Crippen LogP contribution in [0.3, 0.4) is 0 Å². The molecule has 1 aliphatic rings. The highest BCUT2D eigenvalue weighted by molar-refractivity contribution is 5.86. The lowest BCUT2D eigenvalue weighted by Crippen LogP contribution is -2.15. The molecule has 0 radical (unpaired) electrons. The van der Waals surface area contributed by atoms with Crippen LogP contribution in [0.15, 0.2) is 146 Å². The first-order valence-corrected chi connectivity index (χ1v) is 15.8. The second kappa shape index (κ2) is 11.3. The molecule has 6 aromatic carbocycles. The van der Waals surface area contributed by atoms with Gasteiger partial charge in [0.25, 0.3) is 0 Å². The van der Waals surface area contributed by atoms with Gasteiger partial charge in [0.1, 0.15) is 0 Å². The molecule has 0 aliphatic heterocycles. The van der Waals surface area contributed by atoms with Gasteiger partial charge in [0.05, 0.1) is 11.6 Å². The van der Waals surface area contributed by atoms with Crippen molar-refractivity contribution in [3.8, 4) is 73.6 Å². The highest BCUT2D eigenvalue weighted by Crippen LogP contribution is 2.50. The van der Waals surface area contributed by atoms with Crippen LogP contribution in [0.1, 0.15) is 30.5 Å². The third-order valence-electron chi connectivity index (χ3n) is 9.18. The van der Waals surface area contributed by atoms with Crippen molar-refractivity contribution < 1.29 is 0 Å². The molecular formula is C43H30N4. The Morgan fingerprint density at radius 3 is 1.38 bits per heavy atom. The molecule has 0 atom stereocenters. The van der Waals surface area contributed by atoms with Crippen LogP contribution < -0.4 is 0 Å². The van der Waals surface area contributed by atoms with E-state index in [4.69, 9.17) is 15.0 Å². The largest absolute Gasteiger partial charge is 0.208 e. The number of fused-ring (bicyclic) bond motifs is 3. The summed E-state index contributed by atoms with van der Waals surface area (Å²) in [4.78, 5) is 14.7. The molecule has 47 heavy (non-hydrogen) atoms. The van der Waals surface area contributed by atoms with Crippen molar-refractivity contribution in [1.29, 1.82) is 5.26 Å². The Morgan fingerprint density at radius 1 is 0.426 bits per heavy atom. The van der Waals surface area contributed by atoms with E-state index in [1.807, 2.05) is 84.9 Å². The summed E-state index contributed by atoms with van der Waals surface area (Å²) in [5.41, 5.74) is 13.0. The molecule has 0 bridgehead atoms. The van der Waals surface area contributed by atoms with Crippen LogP contribution in [0.2, 0.25) is 0 Å². The molecule has 0 saturated carbocycles. The predicted octanol–water partition coefficient (Wildman–Crippen LogP) is 10.4. The van der Waals surface area contributed by atoms with Gasteiger partial charge in [-0.3, -0.25) is 0 Å². The first kappa shape index (κ1) is 28.3. The van der Waals surface area contributed by atoms with Gasteiger partial charge in [-0.1, -0.05) is 129 Å². The molecule has 4 nitrogen and oxygen atoms in total. The van der Waals surface area contributed by atoms with Crippen molar-refractivity contribution in [3.63, 3.8) is 0 Å². The minimum atomic E-state index is -0.176. The first-order chi connectivity index (χ1) is 23.0. The molecule has 0 amide bonds. The molecule has 7 aromatic rings. The fourth-order valence-electron chi connectivity index (χ4n) is 6.61. The van der Waals surface area contributed by atoms with Crippen molar-refractivity contribution in [2.24, 2.45) is 0 Å². The topological polar surface area (TPSA) is 62.5 Å². The van der Waals surface area contributed by atoms with Gasteiger partial charge >= 0.3 is 0 Å². The average Bonchev–Trinajstić information content (AvgIpc) is 3.37. The van der Waals surface area contributed by atoms with Gasteiger partial charge in [0.2, 0.25) is 0 Å². The number of nitrogens with zero attached hydrogens (tertiary/aromatic N) is 4. The smallest absolute Gasteiger partial charge is 0.164 e. The van der Waals surface area contributed by atoms with Crippen molar-refractivity contribution in [2.45, 2.75) is 19.3 Å². The van der Waals surface area contributed by atoms with E-state index in [2.05, 4.69) is 80.6 Å². The summed E-state index contributed by atoms with van der Waals surface area (Å²) >= 11 is 0. The maximum Gasteiger partial charge on any atom is 0.164 e. The Morgan fingerprint density at radius 2 is 0.851 bits per heavy atom. The van der Waals surface area contributed by atoms with E-state index in [1.165, 1.54) is 22.3 Å². The van der Waals surface area contributed by atoms with Gasteiger partial charge in [-0.2, -0.15) is 5.26 Å². The standard InChI is InChI=1S/C43H30N4/c1-43(2)38-25-33(29-18-16-28(27-44)17-19-29)20-22-36(38)37-23-21-34(26-39(37)43)32-14-9-15-35(24-32)42-46-40(30-10-5-3-6-11-30)45-41(47-42)31-12-7-4-8-13-31/h3-26H,1-2H3. The summed E-state index contributed by atoms with van der Waals surface area (Å²) in [5, 5.41) is 9.22. The summed E-state index contributed by atoms with van der Waals surface area (Å²) in [6.45, 7) is 4.61. The lowest BCUT2D eigenvalue weighted by molar-refractivity contribution is 0.661. The zero-order chi connectivity index (χ0) is 32.0. The Hall–Kier alpha value is -6.18. The molecule has 0 N–H and O–H groups in total. The molecule has 4 heteroatoms. The fraction of sp³-hybridized carbons (Fsp3) is 0.0698. The van der Waals surface area contributed by atoms with E-state index >= 15 is 0 Å².